The number of carbonyl (C=O) groups is 3. The van der Waals surface area contributed by atoms with Gasteiger partial charge in [0.1, 0.15) is 6.04 Å². The van der Waals surface area contributed by atoms with E-state index in [4.69, 9.17) is 0 Å². The second-order valence-corrected chi connectivity index (χ2v) is 5.62. The molecule has 1 unspecified atom stereocenters. The summed E-state index contributed by atoms with van der Waals surface area (Å²) in [5.41, 5.74) is 1.18. The van der Waals surface area contributed by atoms with Crippen molar-refractivity contribution in [3.63, 3.8) is 0 Å². The summed E-state index contributed by atoms with van der Waals surface area (Å²) in [6.45, 7) is 4.16. The Morgan fingerprint density at radius 1 is 1.32 bits per heavy atom. The first-order valence-electron chi connectivity index (χ1n) is 7.10. The molecule has 1 aromatic heterocycles. The molecule has 0 radical (unpaired) electrons. The van der Waals surface area contributed by atoms with Crippen molar-refractivity contribution in [3.05, 3.63) is 17.5 Å². The molecule has 3 amide bonds. The number of hydrogen-bond donors (Lipinski definition) is 1. The lowest BCUT2D eigenvalue weighted by molar-refractivity contribution is -0.146. The number of H-pyrrole nitrogens is 1. The second kappa shape index (κ2) is 6.17. The molecular weight excluding hydrogens is 286 g/mol. The fourth-order valence-electron chi connectivity index (χ4n) is 2.59. The molecule has 0 aliphatic carbocycles. The third kappa shape index (κ3) is 2.95. The van der Waals surface area contributed by atoms with Crippen molar-refractivity contribution in [2.75, 3.05) is 33.7 Å². The summed E-state index contributed by atoms with van der Waals surface area (Å²) in [6, 6.07) is -0.641. The number of likely N-dealkylation sites (N-methyl/N-ethyl adjacent to an activating group) is 1. The van der Waals surface area contributed by atoms with E-state index in [2.05, 4.69) is 10.2 Å². The van der Waals surface area contributed by atoms with Crippen molar-refractivity contribution in [1.29, 1.82) is 0 Å². The lowest BCUT2D eigenvalue weighted by Crippen LogP contribution is -2.61. The monoisotopic (exact) mass is 307 g/mol. The van der Waals surface area contributed by atoms with E-state index in [0.29, 0.717) is 24.3 Å². The average molecular weight is 307 g/mol. The standard InChI is InChI=1S/C14H21N5O3/c1-9-11(7-15-16-9)13(21)18-5-6-19(10(2)20)12(8-18)14(22)17(3)4/h7,12H,5-6,8H2,1-4H3,(H,15,16). The molecule has 1 atom stereocenters. The zero-order valence-electron chi connectivity index (χ0n) is 13.3. The Balaban J connectivity index is 2.20. The van der Waals surface area contributed by atoms with Crippen LogP contribution in [0.15, 0.2) is 6.20 Å². The molecular formula is C14H21N5O3. The molecule has 1 aromatic rings. The molecule has 0 aromatic carbocycles. The van der Waals surface area contributed by atoms with Crippen LogP contribution in [0.25, 0.3) is 0 Å². The Labute approximate surface area is 129 Å². The highest BCUT2D eigenvalue weighted by Crippen LogP contribution is 2.16. The van der Waals surface area contributed by atoms with Crippen LogP contribution in [-0.2, 0) is 9.59 Å². The fraction of sp³-hybridized carbons (Fsp3) is 0.571. The molecule has 1 N–H and O–H groups in total. The van der Waals surface area contributed by atoms with Gasteiger partial charge < -0.3 is 14.7 Å². The highest BCUT2D eigenvalue weighted by Gasteiger charge is 2.37. The van der Waals surface area contributed by atoms with Gasteiger partial charge in [0.25, 0.3) is 5.91 Å². The minimum absolute atomic E-state index is 0.160. The SMILES string of the molecule is CC(=O)N1CCN(C(=O)c2cn[nH]c2C)CC1C(=O)N(C)C. The zero-order chi connectivity index (χ0) is 16.4. The van der Waals surface area contributed by atoms with E-state index in [1.807, 2.05) is 0 Å². The number of amides is 3. The van der Waals surface area contributed by atoms with Crippen LogP contribution in [0.2, 0.25) is 0 Å². The minimum atomic E-state index is -0.641. The lowest BCUT2D eigenvalue weighted by atomic mass is 10.1. The molecule has 1 fully saturated rings. The Hall–Kier alpha value is -2.38. The summed E-state index contributed by atoms with van der Waals surface area (Å²) >= 11 is 0. The number of piperazine rings is 1. The molecule has 0 bridgehead atoms. The van der Waals surface area contributed by atoms with Gasteiger partial charge in [0, 0.05) is 39.8 Å². The highest BCUT2D eigenvalue weighted by molar-refractivity contribution is 5.96. The summed E-state index contributed by atoms with van der Waals surface area (Å²) in [4.78, 5) is 41.1. The van der Waals surface area contributed by atoms with Crippen LogP contribution >= 0.6 is 0 Å². The van der Waals surface area contributed by atoms with Gasteiger partial charge in [0.05, 0.1) is 18.3 Å². The zero-order valence-corrected chi connectivity index (χ0v) is 13.3. The minimum Gasteiger partial charge on any atom is -0.347 e. The third-order valence-corrected chi connectivity index (χ3v) is 3.86. The average Bonchev–Trinajstić information content (AvgIpc) is 2.90. The Morgan fingerprint density at radius 2 is 2.00 bits per heavy atom. The van der Waals surface area contributed by atoms with Crippen LogP contribution in [0.4, 0.5) is 0 Å². The summed E-state index contributed by atoms with van der Waals surface area (Å²) in [5, 5.41) is 6.58. The number of aromatic amines is 1. The predicted molar refractivity (Wildman–Crippen MR) is 79.1 cm³/mol. The molecule has 2 heterocycles. The Kier molecular flexibility index (Phi) is 4.48. The first kappa shape index (κ1) is 16.0. The normalized spacial score (nSPS) is 18.3. The number of carbonyl (C=O) groups excluding carboxylic acids is 3. The quantitative estimate of drug-likeness (QED) is 0.796. The molecule has 1 aliphatic heterocycles. The van der Waals surface area contributed by atoms with Crippen LogP contribution in [0.5, 0.6) is 0 Å². The smallest absolute Gasteiger partial charge is 0.257 e. The second-order valence-electron chi connectivity index (χ2n) is 5.62. The van der Waals surface area contributed by atoms with Crippen molar-refractivity contribution in [1.82, 2.24) is 24.9 Å². The van der Waals surface area contributed by atoms with Gasteiger partial charge in [-0.05, 0) is 6.92 Å². The van der Waals surface area contributed by atoms with Crippen molar-refractivity contribution in [2.45, 2.75) is 19.9 Å². The summed E-state index contributed by atoms with van der Waals surface area (Å²) in [5.74, 6) is -0.519. The highest BCUT2D eigenvalue weighted by atomic mass is 16.2. The van der Waals surface area contributed by atoms with Gasteiger partial charge in [-0.15, -0.1) is 0 Å². The molecule has 8 heteroatoms. The molecule has 1 aliphatic rings. The number of hydrogen-bond acceptors (Lipinski definition) is 4. The molecule has 22 heavy (non-hydrogen) atoms. The largest absolute Gasteiger partial charge is 0.347 e. The van der Waals surface area contributed by atoms with Gasteiger partial charge in [-0.2, -0.15) is 5.10 Å². The maximum Gasteiger partial charge on any atom is 0.257 e. The van der Waals surface area contributed by atoms with Crippen LogP contribution in [0.3, 0.4) is 0 Å². The van der Waals surface area contributed by atoms with E-state index in [1.54, 1.807) is 25.9 Å². The number of rotatable bonds is 2. The van der Waals surface area contributed by atoms with E-state index in [-0.39, 0.29) is 24.3 Å². The molecule has 120 valence electrons. The van der Waals surface area contributed by atoms with Gasteiger partial charge >= 0.3 is 0 Å². The van der Waals surface area contributed by atoms with Crippen LogP contribution in [0, 0.1) is 6.92 Å². The first-order chi connectivity index (χ1) is 10.3. The van der Waals surface area contributed by atoms with Gasteiger partial charge in [-0.3, -0.25) is 19.5 Å². The van der Waals surface area contributed by atoms with Crippen LogP contribution in [0.1, 0.15) is 23.0 Å². The van der Waals surface area contributed by atoms with Gasteiger partial charge in [-0.1, -0.05) is 0 Å². The maximum atomic E-state index is 12.5. The lowest BCUT2D eigenvalue weighted by Gasteiger charge is -2.40. The van der Waals surface area contributed by atoms with Gasteiger partial charge in [0.15, 0.2) is 0 Å². The number of nitrogens with zero attached hydrogens (tertiary/aromatic N) is 4. The number of aromatic nitrogens is 2. The van der Waals surface area contributed by atoms with Crippen molar-refractivity contribution in [2.24, 2.45) is 0 Å². The topological polar surface area (TPSA) is 89.6 Å². The van der Waals surface area contributed by atoms with E-state index in [0.717, 1.165) is 0 Å². The number of aryl methyl sites for hydroxylation is 1. The number of nitrogens with one attached hydrogen (secondary N) is 1. The van der Waals surface area contributed by atoms with Crippen molar-refractivity contribution >= 4 is 17.7 Å². The van der Waals surface area contributed by atoms with E-state index in [1.165, 1.54) is 22.9 Å². The van der Waals surface area contributed by atoms with Gasteiger partial charge in [-0.25, -0.2) is 0 Å². The molecule has 0 saturated carbocycles. The first-order valence-corrected chi connectivity index (χ1v) is 7.10. The predicted octanol–water partition coefficient (Wildman–Crippen LogP) is -0.521. The third-order valence-electron chi connectivity index (χ3n) is 3.86. The fourth-order valence-corrected chi connectivity index (χ4v) is 2.59. The van der Waals surface area contributed by atoms with Crippen molar-refractivity contribution in [3.8, 4) is 0 Å². The van der Waals surface area contributed by atoms with Gasteiger partial charge in [0.2, 0.25) is 11.8 Å². The van der Waals surface area contributed by atoms with Crippen LogP contribution in [-0.4, -0.2) is 82.4 Å². The van der Waals surface area contributed by atoms with E-state index < -0.39 is 6.04 Å². The molecule has 2 rings (SSSR count). The summed E-state index contributed by atoms with van der Waals surface area (Å²) < 4.78 is 0. The Bertz CT molecular complexity index is 595. The van der Waals surface area contributed by atoms with E-state index in [9.17, 15) is 14.4 Å². The Morgan fingerprint density at radius 3 is 2.50 bits per heavy atom. The van der Waals surface area contributed by atoms with Crippen LogP contribution < -0.4 is 0 Å². The van der Waals surface area contributed by atoms with E-state index >= 15 is 0 Å². The molecule has 1 saturated heterocycles. The van der Waals surface area contributed by atoms with Crippen molar-refractivity contribution < 1.29 is 14.4 Å². The summed E-state index contributed by atoms with van der Waals surface area (Å²) in [7, 11) is 3.28. The summed E-state index contributed by atoms with van der Waals surface area (Å²) in [6.07, 6.45) is 1.48. The molecule has 8 nitrogen and oxygen atoms in total. The maximum absolute atomic E-state index is 12.5. The molecule has 0 spiro atoms.